The maximum absolute atomic E-state index is 12.8. The molecule has 1 atom stereocenters. The van der Waals surface area contributed by atoms with Gasteiger partial charge in [0.05, 0.1) is 22.0 Å². The Morgan fingerprint density at radius 2 is 2.00 bits per heavy atom. The van der Waals surface area contributed by atoms with Crippen LogP contribution in [0.5, 0.6) is 0 Å². The molecule has 0 saturated carbocycles. The first-order valence-electron chi connectivity index (χ1n) is 8.93. The number of rotatable bonds is 4. The number of aromatic nitrogens is 4. The van der Waals surface area contributed by atoms with Crippen LogP contribution in [0.3, 0.4) is 0 Å². The van der Waals surface area contributed by atoms with Crippen LogP contribution in [-0.2, 0) is 9.84 Å². The number of piperidine rings is 1. The molecule has 0 spiro atoms. The SMILES string of the molecule is Cc1nnc(-c2nc(-c3ccc(S(=O)(=O)C4CCCNC4)cc3)cnc2N)o1. The molecule has 3 aromatic rings. The molecule has 3 heterocycles. The maximum atomic E-state index is 12.8. The molecule has 1 fully saturated rings. The van der Waals surface area contributed by atoms with Gasteiger partial charge in [0.2, 0.25) is 5.89 Å². The minimum absolute atomic E-state index is 0.177. The average molecular weight is 400 g/mol. The number of nitrogens with zero attached hydrogens (tertiary/aromatic N) is 4. The third kappa shape index (κ3) is 3.48. The highest BCUT2D eigenvalue weighted by Gasteiger charge is 2.28. The van der Waals surface area contributed by atoms with E-state index in [-0.39, 0.29) is 11.7 Å². The van der Waals surface area contributed by atoms with Crippen molar-refractivity contribution in [3.63, 3.8) is 0 Å². The molecule has 3 N–H and O–H groups in total. The van der Waals surface area contributed by atoms with Crippen LogP contribution >= 0.6 is 0 Å². The van der Waals surface area contributed by atoms with Crippen LogP contribution in [0, 0.1) is 6.92 Å². The molecule has 0 radical (unpaired) electrons. The normalized spacial score (nSPS) is 17.5. The van der Waals surface area contributed by atoms with Gasteiger partial charge in [-0.1, -0.05) is 12.1 Å². The lowest BCUT2D eigenvalue weighted by molar-refractivity contribution is 0.497. The lowest BCUT2D eigenvalue weighted by atomic mass is 10.1. The zero-order valence-electron chi connectivity index (χ0n) is 15.3. The summed E-state index contributed by atoms with van der Waals surface area (Å²) in [4.78, 5) is 8.92. The first-order valence-corrected chi connectivity index (χ1v) is 10.5. The minimum Gasteiger partial charge on any atom is -0.420 e. The number of benzene rings is 1. The number of hydrogen-bond acceptors (Lipinski definition) is 9. The van der Waals surface area contributed by atoms with Crippen molar-refractivity contribution in [2.75, 3.05) is 18.8 Å². The number of anilines is 1. The van der Waals surface area contributed by atoms with Crippen molar-refractivity contribution in [3.8, 4) is 22.8 Å². The van der Waals surface area contributed by atoms with Gasteiger partial charge in [0.1, 0.15) is 0 Å². The molecule has 146 valence electrons. The molecular weight excluding hydrogens is 380 g/mol. The van der Waals surface area contributed by atoms with Gasteiger partial charge in [0.15, 0.2) is 21.3 Å². The van der Waals surface area contributed by atoms with Crippen molar-refractivity contribution in [3.05, 3.63) is 36.4 Å². The molecule has 1 aliphatic rings. The van der Waals surface area contributed by atoms with Gasteiger partial charge >= 0.3 is 0 Å². The summed E-state index contributed by atoms with van der Waals surface area (Å²) >= 11 is 0. The van der Waals surface area contributed by atoms with Gasteiger partial charge < -0.3 is 15.5 Å². The van der Waals surface area contributed by atoms with Gasteiger partial charge in [-0.15, -0.1) is 10.2 Å². The first kappa shape index (κ1) is 18.5. The van der Waals surface area contributed by atoms with E-state index < -0.39 is 15.1 Å². The summed E-state index contributed by atoms with van der Waals surface area (Å²) in [5, 5.41) is 10.5. The molecule has 1 saturated heterocycles. The van der Waals surface area contributed by atoms with Crippen molar-refractivity contribution in [2.45, 2.75) is 29.9 Å². The topological polar surface area (TPSA) is 137 Å². The predicted molar refractivity (Wildman–Crippen MR) is 103 cm³/mol. The Morgan fingerprint density at radius 1 is 1.21 bits per heavy atom. The molecule has 0 aliphatic carbocycles. The number of nitrogen functional groups attached to an aromatic ring is 1. The van der Waals surface area contributed by atoms with Crippen molar-refractivity contribution in [2.24, 2.45) is 0 Å². The zero-order chi connectivity index (χ0) is 19.7. The van der Waals surface area contributed by atoms with Crippen molar-refractivity contribution >= 4 is 15.7 Å². The van der Waals surface area contributed by atoms with Crippen molar-refractivity contribution in [1.82, 2.24) is 25.5 Å². The standard InChI is InChI=1S/C18H20N6O3S/c1-11-23-24-18(27-11)16-17(19)21-10-15(22-16)12-4-6-13(7-5-12)28(25,26)14-3-2-8-20-9-14/h4-7,10,14,20H,2-3,8-9H2,1H3,(H2,19,21). The Morgan fingerprint density at radius 3 is 2.64 bits per heavy atom. The molecule has 1 aromatic carbocycles. The van der Waals surface area contributed by atoms with Gasteiger partial charge in [0.25, 0.3) is 5.89 Å². The van der Waals surface area contributed by atoms with Crippen LogP contribution in [0.1, 0.15) is 18.7 Å². The molecule has 1 unspecified atom stereocenters. The van der Waals surface area contributed by atoms with E-state index in [1.54, 1.807) is 31.2 Å². The number of aryl methyl sites for hydroxylation is 1. The molecule has 1 aliphatic heterocycles. The first-order chi connectivity index (χ1) is 13.4. The van der Waals surface area contributed by atoms with Gasteiger partial charge in [-0.25, -0.2) is 18.4 Å². The summed E-state index contributed by atoms with van der Waals surface area (Å²) in [5.74, 6) is 0.762. The molecule has 28 heavy (non-hydrogen) atoms. The monoisotopic (exact) mass is 400 g/mol. The smallest absolute Gasteiger partial charge is 0.270 e. The Hall–Kier alpha value is -2.85. The average Bonchev–Trinajstić information content (AvgIpc) is 3.15. The van der Waals surface area contributed by atoms with E-state index in [0.29, 0.717) is 40.7 Å². The van der Waals surface area contributed by atoms with E-state index in [4.69, 9.17) is 10.2 Å². The zero-order valence-corrected chi connectivity index (χ0v) is 16.1. The maximum Gasteiger partial charge on any atom is 0.270 e. The Bertz CT molecular complexity index is 1090. The highest BCUT2D eigenvalue weighted by Crippen LogP contribution is 2.27. The Labute approximate surface area is 162 Å². The van der Waals surface area contributed by atoms with Crippen LogP contribution in [0.15, 0.2) is 39.8 Å². The molecular formula is C18H20N6O3S. The van der Waals surface area contributed by atoms with Gasteiger partial charge in [-0.05, 0) is 31.5 Å². The fraction of sp³-hybridized carbons (Fsp3) is 0.333. The van der Waals surface area contributed by atoms with E-state index in [1.165, 1.54) is 6.20 Å². The van der Waals surface area contributed by atoms with Gasteiger partial charge in [-0.3, -0.25) is 0 Å². The fourth-order valence-electron chi connectivity index (χ4n) is 3.18. The third-order valence-corrected chi connectivity index (χ3v) is 6.91. The number of sulfone groups is 1. The fourth-order valence-corrected chi connectivity index (χ4v) is 4.89. The van der Waals surface area contributed by atoms with E-state index in [2.05, 4.69) is 25.5 Å². The summed E-state index contributed by atoms with van der Waals surface area (Å²) in [6.07, 6.45) is 3.06. The van der Waals surface area contributed by atoms with Crippen molar-refractivity contribution in [1.29, 1.82) is 0 Å². The van der Waals surface area contributed by atoms with Crippen LogP contribution in [-0.4, -0.2) is 46.9 Å². The van der Waals surface area contributed by atoms with E-state index >= 15 is 0 Å². The number of hydrogen-bond donors (Lipinski definition) is 2. The van der Waals surface area contributed by atoms with Crippen LogP contribution in [0.4, 0.5) is 5.82 Å². The summed E-state index contributed by atoms with van der Waals surface area (Å²) < 4.78 is 31.0. The number of nitrogens with two attached hydrogens (primary N) is 1. The van der Waals surface area contributed by atoms with E-state index in [9.17, 15) is 8.42 Å². The molecule has 10 heteroatoms. The second-order valence-electron chi connectivity index (χ2n) is 6.65. The van der Waals surface area contributed by atoms with Crippen molar-refractivity contribution < 1.29 is 12.8 Å². The largest absolute Gasteiger partial charge is 0.420 e. The molecule has 4 rings (SSSR count). The van der Waals surface area contributed by atoms with E-state index in [1.807, 2.05) is 0 Å². The lowest BCUT2D eigenvalue weighted by Crippen LogP contribution is -2.38. The Balaban J connectivity index is 1.64. The summed E-state index contributed by atoms with van der Waals surface area (Å²) in [7, 11) is -3.37. The van der Waals surface area contributed by atoms with E-state index in [0.717, 1.165) is 13.0 Å². The van der Waals surface area contributed by atoms with Gasteiger partial charge in [-0.2, -0.15) is 0 Å². The number of nitrogens with one attached hydrogen (secondary N) is 1. The second-order valence-corrected chi connectivity index (χ2v) is 8.88. The highest BCUT2D eigenvalue weighted by atomic mass is 32.2. The summed E-state index contributed by atoms with van der Waals surface area (Å²) in [6.45, 7) is 3.02. The Kier molecular flexibility index (Phi) is 4.82. The minimum atomic E-state index is -3.37. The summed E-state index contributed by atoms with van der Waals surface area (Å²) in [6, 6.07) is 6.64. The van der Waals surface area contributed by atoms with Crippen LogP contribution in [0.2, 0.25) is 0 Å². The van der Waals surface area contributed by atoms with Crippen LogP contribution in [0.25, 0.3) is 22.8 Å². The quantitative estimate of drug-likeness (QED) is 0.669. The van der Waals surface area contributed by atoms with Gasteiger partial charge in [0, 0.05) is 19.0 Å². The summed E-state index contributed by atoms with van der Waals surface area (Å²) in [5.41, 5.74) is 7.42. The molecule has 0 bridgehead atoms. The predicted octanol–water partition coefficient (Wildman–Crippen LogP) is 1.61. The third-order valence-electron chi connectivity index (χ3n) is 4.70. The highest BCUT2D eigenvalue weighted by molar-refractivity contribution is 7.92. The van der Waals surface area contributed by atoms with Crippen LogP contribution < -0.4 is 11.1 Å². The second kappa shape index (κ2) is 7.28. The molecule has 2 aromatic heterocycles. The molecule has 0 amide bonds. The molecule has 9 nitrogen and oxygen atoms in total. The lowest BCUT2D eigenvalue weighted by Gasteiger charge is -2.22.